The Kier molecular flexibility index (Phi) is 5.76. The number of imide groups is 1. The van der Waals surface area contributed by atoms with Gasteiger partial charge in [0.25, 0.3) is 11.1 Å². The highest BCUT2D eigenvalue weighted by Crippen LogP contribution is 2.35. The molecule has 0 unspecified atom stereocenters. The highest BCUT2D eigenvalue weighted by molar-refractivity contribution is 8.18. The van der Waals surface area contributed by atoms with Crippen LogP contribution in [0.1, 0.15) is 24.0 Å². The van der Waals surface area contributed by atoms with Crippen molar-refractivity contribution in [2.45, 2.75) is 25.9 Å². The van der Waals surface area contributed by atoms with E-state index in [-0.39, 0.29) is 29.5 Å². The molecule has 168 valence electrons. The highest BCUT2D eigenvalue weighted by Gasteiger charge is 2.35. The monoisotopic (exact) mass is 463 g/mol. The molecule has 0 N–H and O–H groups in total. The number of thioether (sulfide) groups is 1. The van der Waals surface area contributed by atoms with Crippen molar-refractivity contribution in [1.82, 2.24) is 14.4 Å². The van der Waals surface area contributed by atoms with Gasteiger partial charge in [0.1, 0.15) is 12.4 Å². The number of carbonyl (C=O) groups excluding carboxylic acids is 3. The number of amides is 3. The van der Waals surface area contributed by atoms with E-state index < -0.39 is 17.0 Å². The zero-order valence-electron chi connectivity index (χ0n) is 17.9. The number of halogens is 1. The second-order valence-corrected chi connectivity index (χ2v) is 9.17. The van der Waals surface area contributed by atoms with E-state index in [1.807, 2.05) is 39.9 Å². The average molecular weight is 464 g/mol. The minimum atomic E-state index is -0.453. The van der Waals surface area contributed by atoms with Gasteiger partial charge in [-0.1, -0.05) is 36.4 Å². The van der Waals surface area contributed by atoms with Crippen LogP contribution in [0.15, 0.2) is 59.6 Å². The van der Waals surface area contributed by atoms with Crippen LogP contribution in [-0.4, -0.2) is 44.5 Å². The fourth-order valence-electron chi connectivity index (χ4n) is 4.31. The third-order valence-electron chi connectivity index (χ3n) is 6.03. The quantitative estimate of drug-likeness (QED) is 0.517. The van der Waals surface area contributed by atoms with Gasteiger partial charge in [-0.2, -0.15) is 0 Å². The molecule has 2 fully saturated rings. The van der Waals surface area contributed by atoms with Gasteiger partial charge in [0.2, 0.25) is 5.91 Å². The molecule has 3 aromatic rings. The Morgan fingerprint density at radius 3 is 2.55 bits per heavy atom. The lowest BCUT2D eigenvalue weighted by Crippen LogP contribution is -2.30. The first-order chi connectivity index (χ1) is 16.0. The summed E-state index contributed by atoms with van der Waals surface area (Å²) in [4.78, 5) is 41.4. The van der Waals surface area contributed by atoms with E-state index in [2.05, 4.69) is 0 Å². The Bertz CT molecular complexity index is 1290. The summed E-state index contributed by atoms with van der Waals surface area (Å²) in [5.74, 6) is -0.825. The number of fused-ring (bicyclic) bond motifs is 1. The van der Waals surface area contributed by atoms with Gasteiger partial charge in [-0.05, 0) is 42.8 Å². The number of aromatic nitrogens is 1. The number of likely N-dealkylation sites (tertiary alicyclic amines) is 1. The molecule has 6 nitrogen and oxygen atoms in total. The van der Waals surface area contributed by atoms with Crippen LogP contribution in [0.5, 0.6) is 0 Å². The molecule has 0 saturated carbocycles. The average Bonchev–Trinajstić information content (AvgIpc) is 3.52. The number of hydrogen-bond donors (Lipinski definition) is 0. The standard InChI is InChI=1S/C25H22FN3O3S/c26-20-9-3-1-7-17(20)15-29-24(31)22(33-25(29)32)13-18-14-28(21-10-4-2-8-19(18)21)16-23(30)27-11-5-6-12-27/h1-4,7-10,13-14H,5-6,11-12,15-16H2/b22-13-. The Hall–Kier alpha value is -3.39. The largest absolute Gasteiger partial charge is 0.341 e. The van der Waals surface area contributed by atoms with Crippen molar-refractivity contribution >= 4 is 45.8 Å². The predicted octanol–water partition coefficient (Wildman–Crippen LogP) is 4.64. The maximum atomic E-state index is 14.0. The van der Waals surface area contributed by atoms with Crippen LogP contribution in [0, 0.1) is 5.82 Å². The maximum absolute atomic E-state index is 14.0. The molecule has 2 aliphatic heterocycles. The smallest absolute Gasteiger partial charge is 0.293 e. The van der Waals surface area contributed by atoms with Gasteiger partial charge in [0.05, 0.1) is 11.4 Å². The van der Waals surface area contributed by atoms with Crippen LogP contribution in [-0.2, 0) is 22.7 Å². The zero-order valence-corrected chi connectivity index (χ0v) is 18.7. The van der Waals surface area contributed by atoms with Crippen LogP contribution >= 0.6 is 11.8 Å². The summed E-state index contributed by atoms with van der Waals surface area (Å²) >= 11 is 0.846. The third-order valence-corrected chi connectivity index (χ3v) is 6.94. The maximum Gasteiger partial charge on any atom is 0.293 e. The summed E-state index contributed by atoms with van der Waals surface area (Å²) < 4.78 is 15.9. The Morgan fingerprint density at radius 1 is 1.03 bits per heavy atom. The number of nitrogens with zero attached hydrogens (tertiary/aromatic N) is 3. The molecule has 33 heavy (non-hydrogen) atoms. The lowest BCUT2D eigenvalue weighted by molar-refractivity contribution is -0.130. The predicted molar refractivity (Wildman–Crippen MR) is 126 cm³/mol. The van der Waals surface area contributed by atoms with Gasteiger partial charge in [-0.15, -0.1) is 0 Å². The summed E-state index contributed by atoms with van der Waals surface area (Å²) in [5, 5.41) is 0.468. The van der Waals surface area contributed by atoms with Crippen LogP contribution in [0.2, 0.25) is 0 Å². The van der Waals surface area contributed by atoms with Crippen molar-refractivity contribution in [2.24, 2.45) is 0 Å². The summed E-state index contributed by atoms with van der Waals surface area (Å²) in [5.41, 5.74) is 1.94. The van der Waals surface area contributed by atoms with Crippen molar-refractivity contribution in [3.05, 3.63) is 76.6 Å². The van der Waals surface area contributed by atoms with Crippen molar-refractivity contribution in [1.29, 1.82) is 0 Å². The number of hydrogen-bond acceptors (Lipinski definition) is 4. The number of para-hydroxylation sites is 1. The molecule has 2 aliphatic rings. The molecule has 0 spiro atoms. The SMILES string of the molecule is O=C(Cn1cc(/C=C2\SC(=O)N(Cc3ccccc3F)C2=O)c2ccccc21)N1CCCC1. The molecule has 3 amide bonds. The molecule has 2 saturated heterocycles. The number of carbonyl (C=O) groups is 3. The minimum absolute atomic E-state index is 0.0741. The molecular formula is C25H22FN3O3S. The Labute approximate surface area is 194 Å². The topological polar surface area (TPSA) is 62.6 Å². The fourth-order valence-corrected chi connectivity index (χ4v) is 5.14. The molecule has 1 aromatic heterocycles. The van der Waals surface area contributed by atoms with Crippen LogP contribution < -0.4 is 0 Å². The minimum Gasteiger partial charge on any atom is -0.341 e. The van der Waals surface area contributed by atoms with E-state index in [1.54, 1.807) is 24.3 Å². The van der Waals surface area contributed by atoms with Gasteiger partial charge in [-0.25, -0.2) is 4.39 Å². The molecule has 2 aromatic carbocycles. The lowest BCUT2D eigenvalue weighted by atomic mass is 10.1. The van der Waals surface area contributed by atoms with E-state index in [0.29, 0.717) is 0 Å². The van der Waals surface area contributed by atoms with Gasteiger partial charge >= 0.3 is 0 Å². The first-order valence-electron chi connectivity index (χ1n) is 10.9. The lowest BCUT2D eigenvalue weighted by Gasteiger charge is -2.15. The van der Waals surface area contributed by atoms with Crippen molar-refractivity contribution < 1.29 is 18.8 Å². The summed E-state index contributed by atoms with van der Waals surface area (Å²) in [7, 11) is 0. The molecule has 0 bridgehead atoms. The molecule has 0 atom stereocenters. The molecule has 3 heterocycles. The summed E-state index contributed by atoms with van der Waals surface area (Å²) in [6.07, 6.45) is 5.60. The van der Waals surface area contributed by atoms with Crippen molar-refractivity contribution in [3.63, 3.8) is 0 Å². The van der Waals surface area contributed by atoms with E-state index in [0.717, 1.165) is 59.1 Å². The fraction of sp³-hybridized carbons (Fsp3) is 0.240. The molecule has 8 heteroatoms. The third kappa shape index (κ3) is 4.18. The van der Waals surface area contributed by atoms with Crippen molar-refractivity contribution in [3.8, 4) is 0 Å². The van der Waals surface area contributed by atoms with E-state index in [1.165, 1.54) is 6.07 Å². The second-order valence-electron chi connectivity index (χ2n) is 8.18. The van der Waals surface area contributed by atoms with Gasteiger partial charge in [0.15, 0.2) is 0 Å². The van der Waals surface area contributed by atoms with Gasteiger partial charge in [-0.3, -0.25) is 19.3 Å². The van der Waals surface area contributed by atoms with E-state index >= 15 is 0 Å². The second kappa shape index (κ2) is 8.86. The molecule has 0 radical (unpaired) electrons. The first-order valence-corrected chi connectivity index (χ1v) is 11.7. The molecule has 5 rings (SSSR count). The van der Waals surface area contributed by atoms with Crippen molar-refractivity contribution in [2.75, 3.05) is 13.1 Å². The highest BCUT2D eigenvalue weighted by atomic mass is 32.2. The van der Waals surface area contributed by atoms with Gasteiger partial charge in [0, 0.05) is 41.3 Å². The molecular weight excluding hydrogens is 441 g/mol. The Balaban J connectivity index is 1.43. The van der Waals surface area contributed by atoms with Gasteiger partial charge < -0.3 is 9.47 Å². The zero-order chi connectivity index (χ0) is 22.9. The number of benzene rings is 2. The summed E-state index contributed by atoms with van der Waals surface area (Å²) in [6, 6.07) is 13.8. The van der Waals surface area contributed by atoms with E-state index in [4.69, 9.17) is 0 Å². The normalized spacial score (nSPS) is 17.7. The van der Waals surface area contributed by atoms with Crippen LogP contribution in [0.25, 0.3) is 17.0 Å². The van der Waals surface area contributed by atoms with Crippen LogP contribution in [0.4, 0.5) is 9.18 Å². The summed E-state index contributed by atoms with van der Waals surface area (Å²) in [6.45, 7) is 1.70. The van der Waals surface area contributed by atoms with E-state index in [9.17, 15) is 18.8 Å². The Morgan fingerprint density at radius 2 is 1.76 bits per heavy atom. The van der Waals surface area contributed by atoms with Crippen LogP contribution in [0.3, 0.4) is 0 Å². The number of rotatable bonds is 5. The molecule has 0 aliphatic carbocycles. The first kappa shape index (κ1) is 21.5.